The van der Waals surface area contributed by atoms with Crippen LogP contribution in [0.1, 0.15) is 22.8 Å². The third kappa shape index (κ3) is 6.81. The van der Waals surface area contributed by atoms with Gasteiger partial charge in [-0.3, -0.25) is 19.7 Å². The summed E-state index contributed by atoms with van der Waals surface area (Å²) in [5.41, 5.74) is 0.175. The predicted octanol–water partition coefficient (Wildman–Crippen LogP) is 2.88. The Hall–Kier alpha value is -3.86. The molecule has 0 aliphatic rings. The largest absolute Gasteiger partial charge is 0.493 e. The van der Waals surface area contributed by atoms with Crippen LogP contribution in [0.2, 0.25) is 5.02 Å². The van der Waals surface area contributed by atoms with Gasteiger partial charge in [-0.1, -0.05) is 17.7 Å². The van der Waals surface area contributed by atoms with Crippen LogP contribution in [0.5, 0.6) is 11.5 Å². The second-order valence-corrected chi connectivity index (χ2v) is 6.93. The number of nitrogens with zero attached hydrogens (tertiary/aromatic N) is 1. The van der Waals surface area contributed by atoms with E-state index in [1.165, 1.54) is 7.11 Å². The van der Waals surface area contributed by atoms with Gasteiger partial charge in [0, 0.05) is 16.8 Å². The number of hydrogen-bond acceptors (Lipinski definition) is 8. The normalized spacial score (nSPS) is 10.2. The van der Waals surface area contributed by atoms with Crippen molar-refractivity contribution in [3.63, 3.8) is 0 Å². The predicted molar refractivity (Wildman–Crippen MR) is 119 cm³/mol. The zero-order valence-electron chi connectivity index (χ0n) is 18.1. The highest BCUT2D eigenvalue weighted by Gasteiger charge is 2.26. The average molecular weight is 480 g/mol. The summed E-state index contributed by atoms with van der Waals surface area (Å²) in [4.78, 5) is 47.0. The van der Waals surface area contributed by atoms with E-state index in [1.807, 2.05) is 0 Å². The number of esters is 1. The molecule has 2 amide bonds. The molecular formula is C21H22ClN3O8. The third-order valence-electron chi connectivity index (χ3n) is 4.32. The van der Waals surface area contributed by atoms with Crippen LogP contribution in [0.25, 0.3) is 0 Å². The summed E-state index contributed by atoms with van der Waals surface area (Å²) in [7, 11) is 1.30. The zero-order valence-corrected chi connectivity index (χ0v) is 18.9. The number of halogens is 1. The number of anilines is 1. The third-order valence-corrected chi connectivity index (χ3v) is 4.73. The molecule has 2 aromatic rings. The minimum Gasteiger partial charge on any atom is -0.493 e. The molecule has 11 nitrogen and oxygen atoms in total. The first kappa shape index (κ1) is 25.4. The number of benzene rings is 2. The van der Waals surface area contributed by atoms with Crippen LogP contribution < -0.4 is 20.1 Å². The number of rotatable bonds is 10. The number of amides is 2. The number of nitrogens with one attached hydrogen (secondary N) is 2. The van der Waals surface area contributed by atoms with Crippen molar-refractivity contribution in [2.45, 2.75) is 13.8 Å². The Morgan fingerprint density at radius 1 is 1.15 bits per heavy atom. The van der Waals surface area contributed by atoms with Crippen LogP contribution in [-0.4, -0.2) is 49.6 Å². The number of methoxy groups -OCH3 is 1. The Labute approximate surface area is 194 Å². The van der Waals surface area contributed by atoms with Crippen LogP contribution >= 0.6 is 11.6 Å². The van der Waals surface area contributed by atoms with Gasteiger partial charge >= 0.3 is 5.97 Å². The number of hydrogen-bond donors (Lipinski definition) is 2. The van der Waals surface area contributed by atoms with Crippen molar-refractivity contribution in [2.24, 2.45) is 0 Å². The molecule has 0 radical (unpaired) electrons. The van der Waals surface area contributed by atoms with E-state index in [4.69, 9.17) is 25.8 Å². The minimum atomic E-state index is -1.11. The van der Waals surface area contributed by atoms with Gasteiger partial charge in [0.1, 0.15) is 5.56 Å². The molecule has 0 aromatic heterocycles. The molecule has 0 fully saturated rings. The van der Waals surface area contributed by atoms with Gasteiger partial charge < -0.3 is 24.8 Å². The smallest absolute Gasteiger partial charge is 0.345 e. The summed E-state index contributed by atoms with van der Waals surface area (Å²) in [6.45, 7) is 2.50. The molecule has 0 bridgehead atoms. The number of nitro groups is 1. The fraction of sp³-hybridized carbons (Fsp3) is 0.286. The molecule has 0 saturated carbocycles. The molecule has 176 valence electrons. The quantitative estimate of drug-likeness (QED) is 0.300. The standard InChI is InChI=1S/C21H22ClN3O8/c1-4-32-18-8-13(16(25(29)30)9-17(18)31-3)21(28)33-11-20(27)23-10-19(26)24-15-7-5-6-14(22)12(15)2/h5-9H,4,10-11H2,1-3H3,(H,23,27)(H,24,26). The average Bonchev–Trinajstić information content (AvgIpc) is 2.78. The van der Waals surface area contributed by atoms with Crippen LogP contribution in [-0.2, 0) is 14.3 Å². The molecule has 33 heavy (non-hydrogen) atoms. The van der Waals surface area contributed by atoms with Crippen molar-refractivity contribution in [2.75, 3.05) is 32.2 Å². The van der Waals surface area contributed by atoms with E-state index in [1.54, 1.807) is 32.0 Å². The lowest BCUT2D eigenvalue weighted by molar-refractivity contribution is -0.385. The topological polar surface area (TPSA) is 146 Å². The van der Waals surface area contributed by atoms with Crippen molar-refractivity contribution in [3.8, 4) is 11.5 Å². The van der Waals surface area contributed by atoms with E-state index in [2.05, 4.69) is 10.6 Å². The Bertz CT molecular complexity index is 1070. The van der Waals surface area contributed by atoms with Gasteiger partial charge in [-0.2, -0.15) is 0 Å². The van der Waals surface area contributed by atoms with Gasteiger partial charge in [-0.25, -0.2) is 4.79 Å². The van der Waals surface area contributed by atoms with Crippen LogP contribution in [0, 0.1) is 17.0 Å². The van der Waals surface area contributed by atoms with Gasteiger partial charge in [0.25, 0.3) is 11.6 Å². The van der Waals surface area contributed by atoms with E-state index >= 15 is 0 Å². The van der Waals surface area contributed by atoms with E-state index in [0.717, 1.165) is 12.1 Å². The van der Waals surface area contributed by atoms with Gasteiger partial charge in [0.05, 0.1) is 31.3 Å². The van der Waals surface area contributed by atoms with Gasteiger partial charge in [-0.15, -0.1) is 0 Å². The molecule has 0 saturated heterocycles. The maximum Gasteiger partial charge on any atom is 0.345 e. The fourth-order valence-corrected chi connectivity index (χ4v) is 2.84. The van der Waals surface area contributed by atoms with Crippen molar-refractivity contribution in [1.82, 2.24) is 5.32 Å². The second kappa shape index (κ2) is 11.7. The first-order valence-electron chi connectivity index (χ1n) is 9.65. The molecule has 0 aliphatic heterocycles. The van der Waals surface area contributed by atoms with E-state index < -0.39 is 40.6 Å². The van der Waals surface area contributed by atoms with E-state index in [9.17, 15) is 24.5 Å². The van der Waals surface area contributed by atoms with E-state index in [-0.39, 0.29) is 24.7 Å². The minimum absolute atomic E-state index is 0.0683. The SMILES string of the molecule is CCOc1cc(C(=O)OCC(=O)NCC(=O)Nc2cccc(Cl)c2C)c([N+](=O)[O-])cc1OC. The fourth-order valence-electron chi connectivity index (χ4n) is 2.67. The highest BCUT2D eigenvalue weighted by atomic mass is 35.5. The number of nitro benzene ring substituents is 1. The van der Waals surface area contributed by atoms with Gasteiger partial charge in [0.2, 0.25) is 5.91 Å². The molecule has 0 atom stereocenters. The molecule has 0 unspecified atom stereocenters. The summed E-state index contributed by atoms with van der Waals surface area (Å²) in [6.07, 6.45) is 0. The van der Waals surface area contributed by atoms with Crippen molar-refractivity contribution in [1.29, 1.82) is 0 Å². The van der Waals surface area contributed by atoms with E-state index in [0.29, 0.717) is 16.3 Å². The monoisotopic (exact) mass is 479 g/mol. The molecule has 12 heteroatoms. The Kier molecular flexibility index (Phi) is 8.98. The molecule has 0 spiro atoms. The maximum absolute atomic E-state index is 12.4. The Morgan fingerprint density at radius 3 is 2.52 bits per heavy atom. The summed E-state index contributed by atoms with van der Waals surface area (Å²) >= 11 is 5.99. The highest BCUT2D eigenvalue weighted by molar-refractivity contribution is 6.31. The van der Waals surface area contributed by atoms with Gasteiger partial charge in [0.15, 0.2) is 18.1 Å². The molecule has 0 heterocycles. The number of ether oxygens (including phenoxy) is 3. The summed E-state index contributed by atoms with van der Waals surface area (Å²) in [6, 6.07) is 7.14. The number of carbonyl (C=O) groups is 3. The zero-order chi connectivity index (χ0) is 24.5. The van der Waals surface area contributed by atoms with Crippen LogP contribution in [0.3, 0.4) is 0 Å². The molecule has 0 aliphatic carbocycles. The summed E-state index contributed by atoms with van der Waals surface area (Å²) in [5.74, 6) is -2.23. The lowest BCUT2D eigenvalue weighted by Gasteiger charge is -2.12. The summed E-state index contributed by atoms with van der Waals surface area (Å²) < 4.78 is 15.2. The first-order chi connectivity index (χ1) is 15.7. The van der Waals surface area contributed by atoms with Crippen molar-refractivity contribution >= 4 is 40.8 Å². The first-order valence-corrected chi connectivity index (χ1v) is 10.0. The maximum atomic E-state index is 12.4. The molecule has 2 rings (SSSR count). The molecule has 2 N–H and O–H groups in total. The van der Waals surface area contributed by atoms with Crippen LogP contribution in [0.4, 0.5) is 11.4 Å². The highest BCUT2D eigenvalue weighted by Crippen LogP contribution is 2.35. The van der Waals surface area contributed by atoms with Gasteiger partial charge in [-0.05, 0) is 31.5 Å². The second-order valence-electron chi connectivity index (χ2n) is 6.52. The Balaban J connectivity index is 1.97. The number of carbonyl (C=O) groups excluding carboxylic acids is 3. The lowest BCUT2D eigenvalue weighted by atomic mass is 10.1. The van der Waals surface area contributed by atoms with Crippen molar-refractivity contribution < 1.29 is 33.5 Å². The Morgan fingerprint density at radius 2 is 1.88 bits per heavy atom. The molecule has 2 aromatic carbocycles. The lowest BCUT2D eigenvalue weighted by Crippen LogP contribution is -2.35. The summed E-state index contributed by atoms with van der Waals surface area (Å²) in [5, 5.41) is 16.7. The van der Waals surface area contributed by atoms with Crippen molar-refractivity contribution in [3.05, 3.63) is 56.6 Å². The van der Waals surface area contributed by atoms with Crippen LogP contribution in [0.15, 0.2) is 30.3 Å². The molecular weight excluding hydrogens is 458 g/mol.